The van der Waals surface area contributed by atoms with Crippen molar-refractivity contribution in [3.05, 3.63) is 66.2 Å². The van der Waals surface area contributed by atoms with Crippen LogP contribution in [0, 0.1) is 5.41 Å². The number of imidazole rings is 1. The third-order valence-electron chi connectivity index (χ3n) is 6.03. The van der Waals surface area contributed by atoms with Gasteiger partial charge in [0.1, 0.15) is 6.04 Å². The standard InChI is InChI=1S/C26H30N4O6S/c1-26(2,3)15-36-25(33)28-19-9-5-17(6-10-19)18-7-11-20(12-8-18)37(34,35)30-14-21-22(29(4)16-27-21)13-23(30)24(31)32/h5-12,16,23H,13-15H2,1-4H3,(H,28,33)(H,31,32)/t23-/m1/s1. The quantitative estimate of drug-likeness (QED) is 0.498. The van der Waals surface area contributed by atoms with Gasteiger partial charge in [0, 0.05) is 24.8 Å². The largest absolute Gasteiger partial charge is 0.480 e. The van der Waals surface area contributed by atoms with Crippen molar-refractivity contribution >= 4 is 27.8 Å². The van der Waals surface area contributed by atoms with Crippen LogP contribution in [-0.2, 0) is 39.6 Å². The van der Waals surface area contributed by atoms with Gasteiger partial charge in [-0.15, -0.1) is 0 Å². The summed E-state index contributed by atoms with van der Waals surface area (Å²) in [7, 11) is -2.32. The first-order valence-electron chi connectivity index (χ1n) is 11.7. The van der Waals surface area contributed by atoms with E-state index in [9.17, 15) is 23.1 Å². The van der Waals surface area contributed by atoms with Crippen molar-refractivity contribution in [2.45, 2.75) is 44.7 Å². The molecule has 1 amide bonds. The minimum Gasteiger partial charge on any atom is -0.480 e. The number of fused-ring (bicyclic) bond motifs is 1. The lowest BCUT2D eigenvalue weighted by Crippen LogP contribution is -2.48. The van der Waals surface area contributed by atoms with Crippen molar-refractivity contribution in [2.75, 3.05) is 11.9 Å². The van der Waals surface area contributed by atoms with E-state index in [4.69, 9.17) is 4.74 Å². The minimum absolute atomic E-state index is 0.00163. The van der Waals surface area contributed by atoms with Crippen molar-refractivity contribution in [2.24, 2.45) is 12.5 Å². The number of carbonyl (C=O) groups is 2. The van der Waals surface area contributed by atoms with Crippen molar-refractivity contribution in [1.82, 2.24) is 13.9 Å². The first-order valence-corrected chi connectivity index (χ1v) is 13.2. The molecule has 37 heavy (non-hydrogen) atoms. The summed E-state index contributed by atoms with van der Waals surface area (Å²) >= 11 is 0. The van der Waals surface area contributed by atoms with E-state index in [-0.39, 0.29) is 23.3 Å². The fourth-order valence-electron chi connectivity index (χ4n) is 4.04. The zero-order chi connectivity index (χ0) is 27.0. The maximum Gasteiger partial charge on any atom is 0.411 e. The van der Waals surface area contributed by atoms with Crippen LogP contribution in [0.25, 0.3) is 11.1 Å². The van der Waals surface area contributed by atoms with Crippen LogP contribution in [0.2, 0.25) is 0 Å². The van der Waals surface area contributed by atoms with Crippen LogP contribution in [0.1, 0.15) is 32.2 Å². The Morgan fingerprint density at radius 1 is 1.08 bits per heavy atom. The Labute approximate surface area is 215 Å². The number of carboxylic acids is 1. The maximum atomic E-state index is 13.4. The molecule has 0 radical (unpaired) electrons. The van der Waals surface area contributed by atoms with Crippen molar-refractivity contribution in [3.63, 3.8) is 0 Å². The highest BCUT2D eigenvalue weighted by Gasteiger charge is 2.41. The van der Waals surface area contributed by atoms with Gasteiger partial charge in [0.05, 0.1) is 30.1 Å². The van der Waals surface area contributed by atoms with Gasteiger partial charge in [0.15, 0.2) is 0 Å². The molecule has 1 aromatic heterocycles. The van der Waals surface area contributed by atoms with E-state index in [2.05, 4.69) is 10.3 Å². The summed E-state index contributed by atoms with van der Waals surface area (Å²) in [6.45, 7) is 6.10. The lowest BCUT2D eigenvalue weighted by Gasteiger charge is -2.31. The van der Waals surface area contributed by atoms with Gasteiger partial charge in [0.2, 0.25) is 10.0 Å². The molecular formula is C26H30N4O6S. The monoisotopic (exact) mass is 526 g/mol. The number of carbonyl (C=O) groups excluding carboxylic acids is 1. The number of rotatable bonds is 6. The number of nitrogens with one attached hydrogen (secondary N) is 1. The second kappa shape index (κ2) is 9.98. The minimum atomic E-state index is -4.08. The van der Waals surface area contributed by atoms with Gasteiger partial charge in [-0.1, -0.05) is 45.0 Å². The molecule has 196 valence electrons. The van der Waals surface area contributed by atoms with Gasteiger partial charge in [-0.3, -0.25) is 10.1 Å². The molecule has 11 heteroatoms. The summed E-state index contributed by atoms with van der Waals surface area (Å²) in [5.41, 5.74) is 3.29. The fraction of sp³-hybridized carbons (Fsp3) is 0.346. The SMILES string of the molecule is Cn1cnc2c1C[C@H](C(=O)O)N(S(=O)(=O)c1ccc(-c3ccc(NC(=O)OCC(C)(C)C)cc3)cc1)C2. The summed E-state index contributed by atoms with van der Waals surface area (Å²) in [5.74, 6) is -1.21. The average molecular weight is 527 g/mol. The van der Waals surface area contributed by atoms with E-state index in [1.165, 1.54) is 12.1 Å². The van der Waals surface area contributed by atoms with Crippen molar-refractivity contribution in [1.29, 1.82) is 0 Å². The molecule has 2 N–H and O–H groups in total. The van der Waals surface area contributed by atoms with Crippen LogP contribution in [0.4, 0.5) is 10.5 Å². The van der Waals surface area contributed by atoms with E-state index in [0.717, 1.165) is 21.1 Å². The second-order valence-electron chi connectivity index (χ2n) is 10.2. The number of ether oxygens (including phenoxy) is 1. The molecule has 1 aliphatic rings. The molecule has 3 aromatic rings. The van der Waals surface area contributed by atoms with Crippen LogP contribution in [0.3, 0.4) is 0 Å². The number of hydrogen-bond acceptors (Lipinski definition) is 6. The van der Waals surface area contributed by atoms with Crippen LogP contribution in [0.5, 0.6) is 0 Å². The van der Waals surface area contributed by atoms with Crippen molar-refractivity contribution in [3.8, 4) is 11.1 Å². The summed E-state index contributed by atoms with van der Waals surface area (Å²) in [5, 5.41) is 12.4. The number of carboxylic acid groups (broad SMARTS) is 1. The summed E-state index contributed by atoms with van der Waals surface area (Å²) in [6, 6.07) is 12.1. The number of nitrogens with zero attached hydrogens (tertiary/aromatic N) is 3. The first-order chi connectivity index (χ1) is 17.3. The van der Waals surface area contributed by atoms with Gasteiger partial charge in [-0.05, 0) is 40.8 Å². The molecule has 0 spiro atoms. The Morgan fingerprint density at radius 3 is 2.24 bits per heavy atom. The lowest BCUT2D eigenvalue weighted by molar-refractivity contribution is -0.141. The van der Waals surface area contributed by atoms with Gasteiger partial charge >= 0.3 is 12.1 Å². The van der Waals surface area contributed by atoms with Gasteiger partial charge < -0.3 is 14.4 Å². The number of aromatic nitrogens is 2. The molecule has 2 aromatic carbocycles. The van der Waals surface area contributed by atoms with E-state index in [0.29, 0.717) is 18.0 Å². The number of benzene rings is 2. The van der Waals surface area contributed by atoms with Crippen LogP contribution < -0.4 is 5.32 Å². The molecule has 2 heterocycles. The Kier molecular flexibility index (Phi) is 7.11. The predicted octanol–water partition coefficient (Wildman–Crippen LogP) is 3.88. The molecule has 0 saturated carbocycles. The third kappa shape index (κ3) is 5.83. The van der Waals surface area contributed by atoms with E-state index in [1.807, 2.05) is 20.8 Å². The second-order valence-corrected chi connectivity index (χ2v) is 12.1. The normalized spacial score (nSPS) is 16.2. The topological polar surface area (TPSA) is 131 Å². The van der Waals surface area contributed by atoms with E-state index < -0.39 is 28.1 Å². The Balaban J connectivity index is 1.49. The molecule has 0 bridgehead atoms. The Morgan fingerprint density at radius 2 is 1.68 bits per heavy atom. The molecule has 0 unspecified atom stereocenters. The van der Waals surface area contributed by atoms with Crippen LogP contribution in [-0.4, -0.2) is 52.1 Å². The first kappa shape index (κ1) is 26.4. The summed E-state index contributed by atoms with van der Waals surface area (Å²) in [6.07, 6.45) is 1.07. The number of amides is 1. The van der Waals surface area contributed by atoms with Crippen LogP contribution in [0.15, 0.2) is 59.8 Å². The Hall–Kier alpha value is -3.70. The molecule has 4 rings (SSSR count). The molecule has 1 aliphatic heterocycles. The smallest absolute Gasteiger partial charge is 0.411 e. The Bertz CT molecular complexity index is 1410. The number of anilines is 1. The number of hydrogen-bond donors (Lipinski definition) is 2. The lowest BCUT2D eigenvalue weighted by atomic mass is 9.99. The third-order valence-corrected chi connectivity index (χ3v) is 7.90. The predicted molar refractivity (Wildman–Crippen MR) is 137 cm³/mol. The fourth-order valence-corrected chi connectivity index (χ4v) is 5.58. The van der Waals surface area contributed by atoms with E-state index in [1.54, 1.807) is 54.3 Å². The zero-order valence-electron chi connectivity index (χ0n) is 21.1. The number of sulfonamides is 1. The molecule has 0 aliphatic carbocycles. The van der Waals surface area contributed by atoms with E-state index >= 15 is 0 Å². The van der Waals surface area contributed by atoms with Gasteiger partial charge in [-0.2, -0.15) is 4.31 Å². The maximum absolute atomic E-state index is 13.4. The summed E-state index contributed by atoms with van der Waals surface area (Å²) in [4.78, 5) is 28.1. The zero-order valence-corrected chi connectivity index (χ0v) is 21.9. The molecule has 1 atom stereocenters. The van der Waals surface area contributed by atoms with Gasteiger partial charge in [-0.25, -0.2) is 18.2 Å². The summed E-state index contributed by atoms with van der Waals surface area (Å²) < 4.78 is 34.7. The van der Waals surface area contributed by atoms with Crippen LogP contribution >= 0.6 is 0 Å². The highest BCUT2D eigenvalue weighted by atomic mass is 32.2. The van der Waals surface area contributed by atoms with Gasteiger partial charge in [0.25, 0.3) is 0 Å². The molecule has 0 fully saturated rings. The average Bonchev–Trinajstić information content (AvgIpc) is 3.22. The molecule has 10 nitrogen and oxygen atoms in total. The highest BCUT2D eigenvalue weighted by Crippen LogP contribution is 2.30. The molecule has 0 saturated heterocycles. The molecular weight excluding hydrogens is 496 g/mol. The number of aliphatic carboxylic acids is 1. The van der Waals surface area contributed by atoms with Crippen molar-refractivity contribution < 1.29 is 27.9 Å². The number of aryl methyl sites for hydroxylation is 1. The highest BCUT2D eigenvalue weighted by molar-refractivity contribution is 7.89.